The summed E-state index contributed by atoms with van der Waals surface area (Å²) in [6.45, 7) is 1.14. The lowest BCUT2D eigenvalue weighted by atomic mass is 10.3. The number of H-pyrrole nitrogens is 1. The third-order valence-electron chi connectivity index (χ3n) is 1.86. The summed E-state index contributed by atoms with van der Waals surface area (Å²) in [5.41, 5.74) is 0. The Bertz CT molecular complexity index is 389. The third kappa shape index (κ3) is 2.76. The van der Waals surface area contributed by atoms with Gasteiger partial charge in [0.05, 0.1) is 6.61 Å². The largest absolute Gasteiger partial charge is 0.480 e. The lowest BCUT2D eigenvalue weighted by Gasteiger charge is -2.09. The van der Waals surface area contributed by atoms with E-state index in [0.717, 1.165) is 0 Å². The number of rotatable bonds is 5. The molecule has 1 rings (SSSR count). The number of carboxylic acids is 1. The zero-order valence-corrected chi connectivity index (χ0v) is 8.60. The predicted octanol–water partition coefficient (Wildman–Crippen LogP) is -1.46. The van der Waals surface area contributed by atoms with Gasteiger partial charge in [-0.3, -0.25) is 9.89 Å². The molecule has 0 aromatic carbocycles. The van der Waals surface area contributed by atoms with Gasteiger partial charge in [0, 0.05) is 6.42 Å². The van der Waals surface area contributed by atoms with Crippen LogP contribution in [0.25, 0.3) is 0 Å². The molecule has 0 bridgehead atoms. The Hall–Kier alpha value is -1.96. The molecule has 1 aromatic rings. The number of aryl methyl sites for hydroxylation is 1. The molecule has 0 spiro atoms. The maximum absolute atomic E-state index is 11.4. The number of hydrogen-bond acceptors (Lipinski definition) is 5. The maximum Gasteiger partial charge on any atom is 0.328 e. The van der Waals surface area contributed by atoms with Crippen LogP contribution in [0.3, 0.4) is 0 Å². The van der Waals surface area contributed by atoms with Gasteiger partial charge in [-0.05, 0) is 0 Å². The van der Waals surface area contributed by atoms with Gasteiger partial charge in [-0.15, -0.1) is 5.10 Å². The zero-order chi connectivity index (χ0) is 12.1. The smallest absolute Gasteiger partial charge is 0.328 e. The highest BCUT2D eigenvalue weighted by atomic mass is 16.4. The fourth-order valence-corrected chi connectivity index (χ4v) is 0.963. The molecule has 88 valence electrons. The molecule has 0 fully saturated rings. The van der Waals surface area contributed by atoms with Crippen molar-refractivity contribution in [3.8, 4) is 0 Å². The van der Waals surface area contributed by atoms with Gasteiger partial charge < -0.3 is 15.5 Å². The first kappa shape index (κ1) is 12.1. The second kappa shape index (κ2) is 5.21. The normalized spacial score (nSPS) is 12.1. The molecule has 1 aromatic heterocycles. The molecule has 8 nitrogen and oxygen atoms in total. The van der Waals surface area contributed by atoms with Crippen LogP contribution in [0.1, 0.15) is 23.4 Å². The minimum absolute atomic E-state index is 0.142. The van der Waals surface area contributed by atoms with Crippen LogP contribution in [-0.4, -0.2) is 49.9 Å². The topological polar surface area (TPSA) is 128 Å². The van der Waals surface area contributed by atoms with Crippen LogP contribution in [0.15, 0.2) is 0 Å². The van der Waals surface area contributed by atoms with E-state index in [1.165, 1.54) is 0 Å². The van der Waals surface area contributed by atoms with Gasteiger partial charge in [0.1, 0.15) is 5.82 Å². The fourth-order valence-electron chi connectivity index (χ4n) is 0.963. The number of aliphatic hydroxyl groups excluding tert-OH is 1. The van der Waals surface area contributed by atoms with E-state index in [1.54, 1.807) is 0 Å². The molecular weight excluding hydrogens is 216 g/mol. The Kier molecular flexibility index (Phi) is 3.95. The minimum Gasteiger partial charge on any atom is -0.480 e. The number of aromatic amines is 1. The number of carboxylic acid groups (broad SMARTS) is 1. The van der Waals surface area contributed by atoms with Crippen molar-refractivity contribution in [2.45, 2.75) is 19.4 Å². The Balaban J connectivity index is 2.67. The quantitative estimate of drug-likeness (QED) is 0.487. The second-order valence-corrected chi connectivity index (χ2v) is 3.01. The molecule has 8 heteroatoms. The van der Waals surface area contributed by atoms with E-state index in [4.69, 9.17) is 10.2 Å². The van der Waals surface area contributed by atoms with Crippen LogP contribution in [0.5, 0.6) is 0 Å². The van der Waals surface area contributed by atoms with Crippen molar-refractivity contribution < 1.29 is 19.8 Å². The van der Waals surface area contributed by atoms with Crippen LogP contribution < -0.4 is 5.32 Å². The Morgan fingerprint density at radius 1 is 1.56 bits per heavy atom. The van der Waals surface area contributed by atoms with Gasteiger partial charge in [-0.25, -0.2) is 9.78 Å². The van der Waals surface area contributed by atoms with Gasteiger partial charge in [0.25, 0.3) is 5.91 Å². The average molecular weight is 228 g/mol. The summed E-state index contributed by atoms with van der Waals surface area (Å²) in [4.78, 5) is 25.8. The zero-order valence-electron chi connectivity index (χ0n) is 8.60. The van der Waals surface area contributed by atoms with Gasteiger partial charge in [0.15, 0.2) is 6.04 Å². The molecule has 1 heterocycles. The monoisotopic (exact) mass is 228 g/mol. The summed E-state index contributed by atoms with van der Waals surface area (Å²) in [6.07, 6.45) is 0.586. The summed E-state index contributed by atoms with van der Waals surface area (Å²) in [5, 5.41) is 25.5. The van der Waals surface area contributed by atoms with E-state index in [-0.39, 0.29) is 5.82 Å². The second-order valence-electron chi connectivity index (χ2n) is 3.01. The van der Waals surface area contributed by atoms with Crippen LogP contribution in [0, 0.1) is 0 Å². The van der Waals surface area contributed by atoms with Crippen molar-refractivity contribution in [3.63, 3.8) is 0 Å². The number of amides is 1. The Labute approximate surface area is 90.7 Å². The number of nitrogens with one attached hydrogen (secondary N) is 2. The van der Waals surface area contributed by atoms with Crippen molar-refractivity contribution in [2.75, 3.05) is 6.61 Å². The number of carbonyl (C=O) groups excluding carboxylic acids is 1. The first-order valence-corrected chi connectivity index (χ1v) is 4.64. The van der Waals surface area contributed by atoms with E-state index >= 15 is 0 Å². The molecule has 4 N–H and O–H groups in total. The van der Waals surface area contributed by atoms with Crippen molar-refractivity contribution >= 4 is 11.9 Å². The van der Waals surface area contributed by atoms with Crippen molar-refractivity contribution in [1.82, 2.24) is 20.5 Å². The van der Waals surface area contributed by atoms with E-state index in [9.17, 15) is 9.59 Å². The molecule has 0 saturated heterocycles. The highest BCUT2D eigenvalue weighted by Crippen LogP contribution is 1.94. The number of carbonyl (C=O) groups is 2. The van der Waals surface area contributed by atoms with Crippen LogP contribution in [-0.2, 0) is 11.2 Å². The number of aliphatic hydroxyl groups is 1. The van der Waals surface area contributed by atoms with E-state index < -0.39 is 24.5 Å². The molecule has 0 radical (unpaired) electrons. The molecule has 16 heavy (non-hydrogen) atoms. The molecular formula is C8H12N4O4. The number of hydrogen-bond donors (Lipinski definition) is 4. The van der Waals surface area contributed by atoms with Gasteiger partial charge in [-0.2, -0.15) is 0 Å². The summed E-state index contributed by atoms with van der Waals surface area (Å²) in [5.74, 6) is -1.67. The van der Waals surface area contributed by atoms with E-state index in [0.29, 0.717) is 12.2 Å². The predicted molar refractivity (Wildman–Crippen MR) is 51.7 cm³/mol. The Morgan fingerprint density at radius 2 is 2.25 bits per heavy atom. The number of aromatic nitrogens is 3. The third-order valence-corrected chi connectivity index (χ3v) is 1.86. The molecule has 0 saturated carbocycles. The fraction of sp³-hybridized carbons (Fsp3) is 0.500. The van der Waals surface area contributed by atoms with Crippen molar-refractivity contribution in [1.29, 1.82) is 0 Å². The van der Waals surface area contributed by atoms with Crippen LogP contribution >= 0.6 is 0 Å². The standard InChI is InChI=1S/C8H12N4O4/c1-2-5-10-6(12-11-5)7(14)9-4(3-13)8(15)16/h4,13H,2-3H2,1H3,(H,9,14)(H,15,16)(H,10,11,12). The number of aliphatic carboxylic acids is 1. The highest BCUT2D eigenvalue weighted by Gasteiger charge is 2.21. The molecule has 0 aliphatic rings. The molecule has 1 amide bonds. The summed E-state index contributed by atoms with van der Waals surface area (Å²) >= 11 is 0. The SMILES string of the molecule is CCc1nc(C(=O)NC(CO)C(=O)O)n[nH]1. The first-order valence-electron chi connectivity index (χ1n) is 4.64. The first-order chi connectivity index (χ1) is 7.58. The van der Waals surface area contributed by atoms with Crippen LogP contribution in [0.4, 0.5) is 0 Å². The van der Waals surface area contributed by atoms with E-state index in [2.05, 4.69) is 20.5 Å². The van der Waals surface area contributed by atoms with Crippen LogP contribution in [0.2, 0.25) is 0 Å². The highest BCUT2D eigenvalue weighted by molar-refractivity contribution is 5.93. The maximum atomic E-state index is 11.4. The lowest BCUT2D eigenvalue weighted by Crippen LogP contribution is -2.43. The lowest BCUT2D eigenvalue weighted by molar-refractivity contribution is -0.140. The molecule has 0 aliphatic carbocycles. The summed E-state index contributed by atoms with van der Waals surface area (Å²) in [7, 11) is 0. The van der Waals surface area contributed by atoms with Gasteiger partial charge in [0.2, 0.25) is 5.82 Å². The average Bonchev–Trinajstić information content (AvgIpc) is 2.73. The number of nitrogens with zero attached hydrogens (tertiary/aromatic N) is 2. The minimum atomic E-state index is -1.35. The summed E-state index contributed by atoms with van der Waals surface area (Å²) in [6, 6.07) is -1.35. The molecule has 1 atom stereocenters. The van der Waals surface area contributed by atoms with Crippen molar-refractivity contribution in [2.24, 2.45) is 0 Å². The Morgan fingerprint density at radius 3 is 2.69 bits per heavy atom. The van der Waals surface area contributed by atoms with E-state index in [1.807, 2.05) is 6.92 Å². The molecule has 1 unspecified atom stereocenters. The van der Waals surface area contributed by atoms with Gasteiger partial charge in [-0.1, -0.05) is 6.92 Å². The molecule has 0 aliphatic heterocycles. The van der Waals surface area contributed by atoms with Gasteiger partial charge >= 0.3 is 5.97 Å². The summed E-state index contributed by atoms with van der Waals surface area (Å²) < 4.78 is 0. The van der Waals surface area contributed by atoms with Crippen molar-refractivity contribution in [3.05, 3.63) is 11.6 Å².